The maximum absolute atomic E-state index is 12.4. The van der Waals surface area contributed by atoms with E-state index in [2.05, 4.69) is 13.8 Å². The molecule has 0 saturated carbocycles. The fourth-order valence-electron chi connectivity index (χ4n) is 4.73. The van der Waals surface area contributed by atoms with Crippen molar-refractivity contribution < 1.29 is 54.8 Å². The Morgan fingerprint density at radius 3 is 2.34 bits per heavy atom. The normalized spacial score (nSPS) is 45.2. The van der Waals surface area contributed by atoms with Crippen LogP contribution in [0.25, 0.3) is 0 Å². The Hall–Kier alpha value is -0.930. The van der Waals surface area contributed by atoms with E-state index in [9.17, 15) is 40.5 Å². The van der Waals surface area contributed by atoms with Crippen molar-refractivity contribution in [1.29, 1.82) is 0 Å². The molecule has 12 nitrogen and oxygen atoms in total. The first-order valence-electron chi connectivity index (χ1n) is 10.9. The Balaban J connectivity index is 1.69. The van der Waals surface area contributed by atoms with Gasteiger partial charge < -0.3 is 54.9 Å². The third kappa shape index (κ3) is 5.09. The summed E-state index contributed by atoms with van der Waals surface area (Å²) in [5.74, 6) is -1.90. The molecule has 0 aliphatic carbocycles. The predicted molar refractivity (Wildman–Crippen MR) is 106 cm³/mol. The standard InChI is InChI=1S/C20H35NO11/c1-9(2)3-10-4-13(24)21(5-10)8-20(29)18(28)17(12(7-23)32-20)31-19-16(27)15(26)14(25)11(6-22)30-19/h9-12,14-19,22-23,25-29H,3-8H2,1-2H3/t10-,11?,12?,14?,15?,16?,17?,18?,19?,20?/m0/s1. The molecule has 0 spiro atoms. The van der Waals surface area contributed by atoms with Crippen LogP contribution in [0.2, 0.25) is 0 Å². The summed E-state index contributed by atoms with van der Waals surface area (Å²) in [4.78, 5) is 13.8. The molecule has 10 atom stereocenters. The Morgan fingerprint density at radius 2 is 1.75 bits per heavy atom. The van der Waals surface area contributed by atoms with Crippen molar-refractivity contribution in [3.05, 3.63) is 0 Å². The zero-order valence-corrected chi connectivity index (χ0v) is 18.2. The van der Waals surface area contributed by atoms with Gasteiger partial charge in [-0.25, -0.2) is 0 Å². The number of carbonyl (C=O) groups is 1. The SMILES string of the molecule is CC(C)C[C@H]1CC(=O)N(CC2(O)OC(CO)C(OC3OC(CO)C(O)C(O)C3O)C2O)C1. The molecule has 0 bridgehead atoms. The van der Waals surface area contributed by atoms with Gasteiger partial charge in [-0.05, 0) is 18.3 Å². The van der Waals surface area contributed by atoms with E-state index in [1.165, 1.54) is 4.90 Å². The summed E-state index contributed by atoms with van der Waals surface area (Å²) in [5.41, 5.74) is 0. The number of ether oxygens (including phenoxy) is 3. The quantitative estimate of drug-likeness (QED) is 0.188. The van der Waals surface area contributed by atoms with Crippen LogP contribution in [-0.2, 0) is 19.0 Å². The monoisotopic (exact) mass is 465 g/mol. The van der Waals surface area contributed by atoms with Crippen molar-refractivity contribution in [2.24, 2.45) is 11.8 Å². The van der Waals surface area contributed by atoms with Crippen LogP contribution in [0.15, 0.2) is 0 Å². The van der Waals surface area contributed by atoms with E-state index in [1.54, 1.807) is 0 Å². The van der Waals surface area contributed by atoms with Crippen molar-refractivity contribution in [1.82, 2.24) is 4.90 Å². The molecule has 3 saturated heterocycles. The maximum Gasteiger partial charge on any atom is 0.223 e. The lowest BCUT2D eigenvalue weighted by Gasteiger charge is -2.41. The molecule has 0 aromatic heterocycles. The molecule has 0 radical (unpaired) electrons. The van der Waals surface area contributed by atoms with E-state index in [0.29, 0.717) is 18.9 Å². The summed E-state index contributed by atoms with van der Waals surface area (Å²) >= 11 is 0. The van der Waals surface area contributed by atoms with Gasteiger partial charge in [-0.3, -0.25) is 4.79 Å². The summed E-state index contributed by atoms with van der Waals surface area (Å²) in [6.07, 6.45) is -11.0. The van der Waals surface area contributed by atoms with Crippen molar-refractivity contribution in [3.8, 4) is 0 Å². The molecular formula is C20H35NO11. The zero-order chi connectivity index (χ0) is 23.8. The van der Waals surface area contributed by atoms with Gasteiger partial charge in [0, 0.05) is 13.0 Å². The lowest BCUT2D eigenvalue weighted by Crippen LogP contribution is -2.61. The second-order valence-electron chi connectivity index (χ2n) is 9.40. The first kappa shape index (κ1) is 25.7. The maximum atomic E-state index is 12.4. The van der Waals surface area contributed by atoms with Crippen molar-refractivity contribution in [2.75, 3.05) is 26.3 Å². The van der Waals surface area contributed by atoms with Crippen LogP contribution in [0.1, 0.15) is 26.7 Å². The molecular weight excluding hydrogens is 430 g/mol. The Morgan fingerprint density at radius 1 is 1.09 bits per heavy atom. The van der Waals surface area contributed by atoms with Crippen LogP contribution in [0.3, 0.4) is 0 Å². The van der Waals surface area contributed by atoms with E-state index >= 15 is 0 Å². The molecule has 3 aliphatic rings. The number of hydrogen-bond acceptors (Lipinski definition) is 11. The van der Waals surface area contributed by atoms with Crippen LogP contribution in [0.5, 0.6) is 0 Å². The second kappa shape index (κ2) is 10.1. The minimum absolute atomic E-state index is 0.124. The van der Waals surface area contributed by atoms with Crippen LogP contribution in [0.4, 0.5) is 0 Å². The summed E-state index contributed by atoms with van der Waals surface area (Å²) in [6.45, 7) is 2.83. The molecule has 3 aliphatic heterocycles. The van der Waals surface area contributed by atoms with Gasteiger partial charge in [-0.2, -0.15) is 0 Å². The van der Waals surface area contributed by atoms with Crippen molar-refractivity contribution in [2.45, 2.75) is 81.5 Å². The van der Waals surface area contributed by atoms with E-state index in [4.69, 9.17) is 14.2 Å². The highest BCUT2D eigenvalue weighted by molar-refractivity contribution is 5.78. The topological polar surface area (TPSA) is 190 Å². The summed E-state index contributed by atoms with van der Waals surface area (Å²) in [5, 5.41) is 70.8. The number of carbonyl (C=O) groups excluding carboxylic acids is 1. The number of likely N-dealkylation sites (tertiary alicyclic amines) is 1. The smallest absolute Gasteiger partial charge is 0.223 e. The van der Waals surface area contributed by atoms with Gasteiger partial charge in [-0.1, -0.05) is 13.8 Å². The first-order chi connectivity index (χ1) is 15.0. The van der Waals surface area contributed by atoms with Crippen LogP contribution in [-0.4, -0.2) is 128 Å². The Bertz CT molecular complexity index is 649. The average molecular weight is 465 g/mol. The molecule has 12 heteroatoms. The van der Waals surface area contributed by atoms with Crippen molar-refractivity contribution in [3.63, 3.8) is 0 Å². The van der Waals surface area contributed by atoms with E-state index in [1.807, 2.05) is 0 Å². The van der Waals surface area contributed by atoms with Crippen LogP contribution >= 0.6 is 0 Å². The minimum Gasteiger partial charge on any atom is -0.394 e. The molecule has 32 heavy (non-hydrogen) atoms. The Kier molecular flexibility index (Phi) is 8.14. The number of aliphatic hydroxyl groups excluding tert-OH is 6. The van der Waals surface area contributed by atoms with E-state index in [-0.39, 0.29) is 18.4 Å². The number of β-amino-alcohol motifs (C(OH)–C–C–N with tert-alkyl or cyclic N) is 1. The highest BCUT2D eigenvalue weighted by atomic mass is 16.7. The molecule has 7 N–H and O–H groups in total. The largest absolute Gasteiger partial charge is 0.394 e. The van der Waals surface area contributed by atoms with Gasteiger partial charge in [0.15, 0.2) is 6.29 Å². The Labute approximate surface area is 185 Å². The van der Waals surface area contributed by atoms with Gasteiger partial charge >= 0.3 is 0 Å². The lowest BCUT2D eigenvalue weighted by molar-refractivity contribution is -0.318. The number of hydrogen-bond donors (Lipinski definition) is 7. The fourth-order valence-corrected chi connectivity index (χ4v) is 4.73. The predicted octanol–water partition coefficient (Wildman–Crippen LogP) is -3.49. The number of rotatable bonds is 8. The van der Waals surface area contributed by atoms with Gasteiger partial charge in [0.1, 0.15) is 42.7 Å². The fraction of sp³-hybridized carbons (Fsp3) is 0.950. The van der Waals surface area contributed by atoms with Gasteiger partial charge in [0.05, 0.1) is 19.8 Å². The molecule has 9 unspecified atom stereocenters. The third-order valence-corrected chi connectivity index (χ3v) is 6.33. The molecule has 3 rings (SSSR count). The van der Waals surface area contributed by atoms with Gasteiger partial charge in [-0.15, -0.1) is 0 Å². The average Bonchev–Trinajstić information content (AvgIpc) is 3.18. The summed E-state index contributed by atoms with van der Waals surface area (Å²) in [6, 6.07) is 0. The summed E-state index contributed by atoms with van der Waals surface area (Å²) in [7, 11) is 0. The number of nitrogens with zero attached hydrogens (tertiary/aromatic N) is 1. The van der Waals surface area contributed by atoms with E-state index in [0.717, 1.165) is 6.42 Å². The number of aliphatic hydroxyl groups is 7. The van der Waals surface area contributed by atoms with E-state index < -0.39 is 68.0 Å². The zero-order valence-electron chi connectivity index (χ0n) is 18.2. The highest BCUT2D eigenvalue weighted by Gasteiger charge is 2.58. The second-order valence-corrected chi connectivity index (χ2v) is 9.40. The van der Waals surface area contributed by atoms with Gasteiger partial charge in [0.2, 0.25) is 11.7 Å². The molecule has 1 amide bonds. The molecule has 186 valence electrons. The molecule has 0 aromatic rings. The number of amides is 1. The van der Waals surface area contributed by atoms with Crippen molar-refractivity contribution >= 4 is 5.91 Å². The molecule has 3 heterocycles. The lowest BCUT2D eigenvalue weighted by atomic mass is 9.96. The third-order valence-electron chi connectivity index (χ3n) is 6.33. The minimum atomic E-state index is -2.24. The first-order valence-corrected chi connectivity index (χ1v) is 10.9. The van der Waals surface area contributed by atoms with Gasteiger partial charge in [0.25, 0.3) is 0 Å². The van der Waals surface area contributed by atoms with Crippen LogP contribution in [0, 0.1) is 11.8 Å². The highest BCUT2D eigenvalue weighted by Crippen LogP contribution is 2.36. The molecule has 0 aromatic carbocycles. The molecule has 3 fully saturated rings. The van der Waals surface area contributed by atoms with Crippen LogP contribution < -0.4 is 0 Å². The summed E-state index contributed by atoms with van der Waals surface area (Å²) < 4.78 is 16.3.